The second kappa shape index (κ2) is 7.45. The van der Waals surface area contributed by atoms with Crippen molar-refractivity contribution in [2.24, 2.45) is 5.73 Å². The summed E-state index contributed by atoms with van der Waals surface area (Å²) in [5.74, 6) is -1.08. The number of amides is 1. The molecule has 0 spiro atoms. The maximum atomic E-state index is 11.8. The van der Waals surface area contributed by atoms with Gasteiger partial charge in [-0.15, -0.1) is 0 Å². The van der Waals surface area contributed by atoms with Gasteiger partial charge < -0.3 is 20.6 Å². The summed E-state index contributed by atoms with van der Waals surface area (Å²) in [6.07, 6.45) is 3.80. The molecule has 0 bridgehead atoms. The Morgan fingerprint density at radius 3 is 2.74 bits per heavy atom. The second-order valence-electron chi connectivity index (χ2n) is 5.36. The molecule has 2 atom stereocenters. The number of hydrogen-bond acceptors (Lipinski definition) is 4. The van der Waals surface area contributed by atoms with E-state index >= 15 is 0 Å². The normalized spacial score (nSPS) is 21.3. The van der Waals surface area contributed by atoms with Crippen molar-refractivity contribution in [2.45, 2.75) is 44.2 Å². The third kappa shape index (κ3) is 5.16. The topological polar surface area (TPSA) is 86.9 Å². The molecular weight excluding hydrogens is 246 g/mol. The molecule has 1 amide bonds. The Balaban J connectivity index is 2.23. The highest BCUT2D eigenvalue weighted by Crippen LogP contribution is 2.18. The summed E-state index contributed by atoms with van der Waals surface area (Å²) in [5.41, 5.74) is 5.38. The third-order valence-corrected chi connectivity index (χ3v) is 3.88. The van der Waals surface area contributed by atoms with Gasteiger partial charge in [0, 0.05) is 26.1 Å². The van der Waals surface area contributed by atoms with Gasteiger partial charge in [-0.05, 0) is 39.3 Å². The van der Waals surface area contributed by atoms with Crippen molar-refractivity contribution in [2.75, 3.05) is 27.2 Å². The summed E-state index contributed by atoms with van der Waals surface area (Å²) in [4.78, 5) is 26.4. The first-order chi connectivity index (χ1) is 8.91. The Hall–Kier alpha value is -1.14. The molecule has 19 heavy (non-hydrogen) atoms. The first-order valence-corrected chi connectivity index (χ1v) is 6.84. The maximum Gasteiger partial charge on any atom is 0.320 e. The zero-order chi connectivity index (χ0) is 14.4. The monoisotopic (exact) mass is 271 g/mol. The standard InChI is InChI=1S/C13H25N3O3/c1-15-8-3-4-10(15)7-9-16(2)12(17)6-5-11(14)13(18)19/h10-11H,3-9,14H2,1-2H3,(H,18,19)/t10?,11-/m0/s1. The number of nitrogens with zero attached hydrogens (tertiary/aromatic N) is 2. The number of aliphatic carboxylic acids is 1. The molecule has 0 aromatic rings. The molecule has 6 heteroatoms. The number of hydrogen-bond donors (Lipinski definition) is 2. The highest BCUT2D eigenvalue weighted by atomic mass is 16.4. The van der Waals surface area contributed by atoms with Crippen LogP contribution in [-0.4, -0.2) is 66.1 Å². The van der Waals surface area contributed by atoms with Crippen molar-refractivity contribution in [3.05, 3.63) is 0 Å². The average molecular weight is 271 g/mol. The van der Waals surface area contributed by atoms with E-state index in [2.05, 4.69) is 11.9 Å². The van der Waals surface area contributed by atoms with Crippen molar-refractivity contribution in [3.8, 4) is 0 Å². The molecule has 1 saturated heterocycles. The van der Waals surface area contributed by atoms with Crippen molar-refractivity contribution in [1.29, 1.82) is 0 Å². The van der Waals surface area contributed by atoms with Crippen LogP contribution in [0.4, 0.5) is 0 Å². The van der Waals surface area contributed by atoms with Gasteiger partial charge in [0.25, 0.3) is 0 Å². The quantitative estimate of drug-likeness (QED) is 0.687. The predicted octanol–water partition coefficient (Wildman–Crippen LogP) is 0.121. The summed E-state index contributed by atoms with van der Waals surface area (Å²) in [7, 11) is 3.88. The molecule has 1 aliphatic rings. The average Bonchev–Trinajstić information content (AvgIpc) is 2.77. The van der Waals surface area contributed by atoms with E-state index in [4.69, 9.17) is 10.8 Å². The number of carboxylic acid groups (broad SMARTS) is 1. The van der Waals surface area contributed by atoms with Crippen LogP contribution in [0, 0.1) is 0 Å². The van der Waals surface area contributed by atoms with Crippen molar-refractivity contribution < 1.29 is 14.7 Å². The molecule has 1 unspecified atom stereocenters. The van der Waals surface area contributed by atoms with Crippen molar-refractivity contribution in [3.63, 3.8) is 0 Å². The number of carbonyl (C=O) groups excluding carboxylic acids is 1. The van der Waals surface area contributed by atoms with E-state index in [9.17, 15) is 9.59 Å². The van der Waals surface area contributed by atoms with Crippen LogP contribution < -0.4 is 5.73 Å². The van der Waals surface area contributed by atoms with E-state index in [0.717, 1.165) is 19.5 Å². The van der Waals surface area contributed by atoms with Crippen LogP contribution >= 0.6 is 0 Å². The maximum absolute atomic E-state index is 11.8. The highest BCUT2D eigenvalue weighted by molar-refractivity contribution is 5.78. The lowest BCUT2D eigenvalue weighted by atomic mass is 10.1. The van der Waals surface area contributed by atoms with Gasteiger partial charge in [0.2, 0.25) is 5.91 Å². The Morgan fingerprint density at radius 2 is 2.21 bits per heavy atom. The molecule has 1 fully saturated rings. The van der Waals surface area contributed by atoms with E-state index in [1.807, 2.05) is 0 Å². The number of rotatable bonds is 7. The minimum Gasteiger partial charge on any atom is -0.480 e. The van der Waals surface area contributed by atoms with Gasteiger partial charge in [-0.25, -0.2) is 0 Å². The number of nitrogens with two attached hydrogens (primary N) is 1. The predicted molar refractivity (Wildman–Crippen MR) is 72.8 cm³/mol. The Morgan fingerprint density at radius 1 is 1.53 bits per heavy atom. The Kier molecular flexibility index (Phi) is 6.24. The van der Waals surface area contributed by atoms with Crippen LogP contribution in [0.3, 0.4) is 0 Å². The molecule has 0 aliphatic carbocycles. The fourth-order valence-corrected chi connectivity index (χ4v) is 2.40. The zero-order valence-electron chi connectivity index (χ0n) is 11.8. The first kappa shape index (κ1) is 15.9. The largest absolute Gasteiger partial charge is 0.480 e. The van der Waals surface area contributed by atoms with Crippen LogP contribution in [-0.2, 0) is 9.59 Å². The number of likely N-dealkylation sites (tertiary alicyclic amines) is 1. The van der Waals surface area contributed by atoms with E-state index in [1.54, 1.807) is 11.9 Å². The third-order valence-electron chi connectivity index (χ3n) is 3.88. The van der Waals surface area contributed by atoms with E-state index in [1.165, 1.54) is 12.8 Å². The molecule has 0 radical (unpaired) electrons. The van der Waals surface area contributed by atoms with Gasteiger partial charge in [-0.3, -0.25) is 9.59 Å². The summed E-state index contributed by atoms with van der Waals surface area (Å²) >= 11 is 0. The minimum absolute atomic E-state index is 0.0302. The summed E-state index contributed by atoms with van der Waals surface area (Å²) < 4.78 is 0. The SMILES string of the molecule is CN(CCC1CCCN1C)C(=O)CC[C@H](N)C(=O)O. The lowest BCUT2D eigenvalue weighted by Crippen LogP contribution is -2.35. The summed E-state index contributed by atoms with van der Waals surface area (Å²) in [6.45, 7) is 1.85. The van der Waals surface area contributed by atoms with E-state index in [-0.39, 0.29) is 18.7 Å². The molecule has 0 saturated carbocycles. The zero-order valence-corrected chi connectivity index (χ0v) is 11.8. The van der Waals surface area contributed by atoms with E-state index in [0.29, 0.717) is 6.04 Å². The smallest absolute Gasteiger partial charge is 0.320 e. The van der Waals surface area contributed by atoms with Crippen LogP contribution in [0.2, 0.25) is 0 Å². The fraction of sp³-hybridized carbons (Fsp3) is 0.846. The molecule has 6 nitrogen and oxygen atoms in total. The highest BCUT2D eigenvalue weighted by Gasteiger charge is 2.22. The lowest BCUT2D eigenvalue weighted by molar-refractivity contribution is -0.139. The Labute approximate surface area is 114 Å². The summed E-state index contributed by atoms with van der Waals surface area (Å²) in [5, 5.41) is 8.65. The Bertz CT molecular complexity index is 322. The van der Waals surface area contributed by atoms with Crippen molar-refractivity contribution in [1.82, 2.24) is 9.80 Å². The van der Waals surface area contributed by atoms with Gasteiger partial charge >= 0.3 is 5.97 Å². The molecule has 1 aliphatic heterocycles. The molecule has 1 rings (SSSR count). The molecule has 0 aromatic carbocycles. The first-order valence-electron chi connectivity index (χ1n) is 6.84. The van der Waals surface area contributed by atoms with Gasteiger partial charge in [0.05, 0.1) is 0 Å². The lowest BCUT2D eigenvalue weighted by Gasteiger charge is -2.23. The fourth-order valence-electron chi connectivity index (χ4n) is 2.40. The summed E-state index contributed by atoms with van der Waals surface area (Å²) in [6, 6.07) is -0.380. The van der Waals surface area contributed by atoms with Gasteiger partial charge in [-0.1, -0.05) is 0 Å². The van der Waals surface area contributed by atoms with E-state index < -0.39 is 12.0 Å². The molecule has 1 heterocycles. The van der Waals surface area contributed by atoms with Crippen LogP contribution in [0.5, 0.6) is 0 Å². The molecule has 0 aromatic heterocycles. The van der Waals surface area contributed by atoms with Crippen molar-refractivity contribution >= 4 is 11.9 Å². The molecule has 110 valence electrons. The van der Waals surface area contributed by atoms with Gasteiger partial charge in [-0.2, -0.15) is 0 Å². The molecule has 3 N–H and O–H groups in total. The van der Waals surface area contributed by atoms with Crippen LogP contribution in [0.1, 0.15) is 32.1 Å². The molecular formula is C13H25N3O3. The minimum atomic E-state index is -1.05. The van der Waals surface area contributed by atoms with Crippen LogP contribution in [0.25, 0.3) is 0 Å². The number of carbonyl (C=O) groups is 2. The second-order valence-corrected chi connectivity index (χ2v) is 5.36. The van der Waals surface area contributed by atoms with Crippen LogP contribution in [0.15, 0.2) is 0 Å². The number of carboxylic acids is 1. The van der Waals surface area contributed by atoms with Gasteiger partial charge in [0.1, 0.15) is 6.04 Å². The van der Waals surface area contributed by atoms with Gasteiger partial charge in [0.15, 0.2) is 0 Å².